The summed E-state index contributed by atoms with van der Waals surface area (Å²) in [5.74, 6) is 1.02. The Balaban J connectivity index is 2.17. The minimum Gasteiger partial charge on any atom is -0.336 e. The zero-order valence-corrected chi connectivity index (χ0v) is 11.7. The zero-order chi connectivity index (χ0) is 13.9. The molecule has 0 spiro atoms. The van der Waals surface area contributed by atoms with Crippen LogP contribution in [0.15, 0.2) is 48.9 Å². The molecule has 0 amide bonds. The lowest BCUT2D eigenvalue weighted by Gasteiger charge is -2.19. The summed E-state index contributed by atoms with van der Waals surface area (Å²) in [6.45, 7) is 2.99. The molecule has 3 rings (SSSR count). The first kappa shape index (κ1) is 12.8. The van der Waals surface area contributed by atoms with E-state index in [2.05, 4.69) is 45.0 Å². The summed E-state index contributed by atoms with van der Waals surface area (Å²) >= 11 is 0. The Bertz CT molecular complexity index is 712. The van der Waals surface area contributed by atoms with Crippen LogP contribution < -0.4 is 5.32 Å². The second-order valence-electron chi connectivity index (χ2n) is 4.80. The first-order valence-electron chi connectivity index (χ1n) is 6.85. The number of para-hydroxylation sites is 1. The van der Waals surface area contributed by atoms with Gasteiger partial charge in [0.05, 0.1) is 11.6 Å². The number of pyridine rings is 1. The summed E-state index contributed by atoms with van der Waals surface area (Å²) in [5, 5.41) is 4.69. The van der Waals surface area contributed by atoms with Crippen molar-refractivity contribution >= 4 is 10.9 Å². The normalized spacial score (nSPS) is 12.7. The number of imidazole rings is 1. The van der Waals surface area contributed by atoms with Crippen LogP contribution >= 0.6 is 0 Å². The topological polar surface area (TPSA) is 42.7 Å². The van der Waals surface area contributed by atoms with Crippen molar-refractivity contribution in [2.24, 2.45) is 7.05 Å². The van der Waals surface area contributed by atoms with Crippen molar-refractivity contribution in [1.82, 2.24) is 19.9 Å². The van der Waals surface area contributed by atoms with Crippen LogP contribution in [-0.2, 0) is 7.05 Å². The Kier molecular flexibility index (Phi) is 3.48. The lowest BCUT2D eigenvalue weighted by atomic mass is 10.0. The van der Waals surface area contributed by atoms with Crippen LogP contribution in [0.3, 0.4) is 0 Å². The van der Waals surface area contributed by atoms with Gasteiger partial charge in [0, 0.05) is 31.0 Å². The number of aromatic nitrogens is 3. The summed E-state index contributed by atoms with van der Waals surface area (Å²) in [4.78, 5) is 8.93. The summed E-state index contributed by atoms with van der Waals surface area (Å²) in [6.07, 6.45) is 5.68. The summed E-state index contributed by atoms with van der Waals surface area (Å²) in [7, 11) is 2.02. The van der Waals surface area contributed by atoms with Crippen molar-refractivity contribution in [3.8, 4) is 0 Å². The molecule has 0 fully saturated rings. The highest BCUT2D eigenvalue weighted by molar-refractivity contribution is 5.82. The Hall–Kier alpha value is -2.20. The Labute approximate surface area is 118 Å². The average Bonchev–Trinajstić information content (AvgIpc) is 2.90. The van der Waals surface area contributed by atoms with E-state index in [9.17, 15) is 0 Å². The lowest BCUT2D eigenvalue weighted by Crippen LogP contribution is -2.25. The molecule has 0 bridgehead atoms. The lowest BCUT2D eigenvalue weighted by molar-refractivity contribution is 0.580. The molecule has 20 heavy (non-hydrogen) atoms. The molecule has 4 nitrogen and oxygen atoms in total. The number of nitrogens with zero attached hydrogens (tertiary/aromatic N) is 3. The Morgan fingerprint density at radius 3 is 2.75 bits per heavy atom. The third kappa shape index (κ3) is 2.18. The maximum atomic E-state index is 4.50. The van der Waals surface area contributed by atoms with Crippen molar-refractivity contribution in [3.05, 3.63) is 60.3 Å². The summed E-state index contributed by atoms with van der Waals surface area (Å²) in [5.41, 5.74) is 2.23. The van der Waals surface area contributed by atoms with Crippen molar-refractivity contribution in [2.45, 2.75) is 13.0 Å². The molecule has 102 valence electrons. The van der Waals surface area contributed by atoms with Crippen molar-refractivity contribution in [2.75, 3.05) is 6.54 Å². The molecule has 0 aliphatic carbocycles. The standard InChI is InChI=1S/C16H18N4/c1-3-17-15(16-19-10-11-20(16)2)13-8-9-18-14-7-5-4-6-12(13)14/h4-11,15,17H,3H2,1-2H3. The molecule has 4 heteroatoms. The molecule has 0 radical (unpaired) electrons. The number of aryl methyl sites for hydroxylation is 1. The van der Waals surface area contributed by atoms with Crippen LogP contribution in [0, 0.1) is 0 Å². The average molecular weight is 266 g/mol. The molecule has 0 aliphatic heterocycles. The van der Waals surface area contributed by atoms with E-state index >= 15 is 0 Å². The van der Waals surface area contributed by atoms with Crippen molar-refractivity contribution < 1.29 is 0 Å². The van der Waals surface area contributed by atoms with E-state index in [0.717, 1.165) is 17.9 Å². The van der Waals surface area contributed by atoms with E-state index in [1.54, 1.807) is 0 Å². The Morgan fingerprint density at radius 2 is 2.00 bits per heavy atom. The summed E-state index contributed by atoms with van der Waals surface area (Å²) in [6, 6.07) is 10.4. The molecule has 1 atom stereocenters. The number of hydrogen-bond acceptors (Lipinski definition) is 3. The molecule has 2 heterocycles. The monoisotopic (exact) mass is 266 g/mol. The predicted molar refractivity (Wildman–Crippen MR) is 80.5 cm³/mol. The van der Waals surface area contributed by atoms with E-state index in [-0.39, 0.29) is 6.04 Å². The van der Waals surface area contributed by atoms with Gasteiger partial charge in [-0.1, -0.05) is 25.1 Å². The van der Waals surface area contributed by atoms with E-state index < -0.39 is 0 Å². The van der Waals surface area contributed by atoms with E-state index in [4.69, 9.17) is 0 Å². The Morgan fingerprint density at radius 1 is 1.15 bits per heavy atom. The van der Waals surface area contributed by atoms with E-state index in [1.165, 1.54) is 10.9 Å². The number of nitrogens with one attached hydrogen (secondary N) is 1. The van der Waals surface area contributed by atoms with E-state index in [1.807, 2.05) is 37.8 Å². The molecular weight excluding hydrogens is 248 g/mol. The van der Waals surface area contributed by atoms with Gasteiger partial charge >= 0.3 is 0 Å². The largest absolute Gasteiger partial charge is 0.336 e. The quantitative estimate of drug-likeness (QED) is 0.789. The molecule has 0 aliphatic rings. The molecule has 3 aromatic rings. The van der Waals surface area contributed by atoms with Crippen molar-refractivity contribution in [1.29, 1.82) is 0 Å². The van der Waals surface area contributed by atoms with Gasteiger partial charge in [-0.15, -0.1) is 0 Å². The number of hydrogen-bond donors (Lipinski definition) is 1. The second kappa shape index (κ2) is 5.43. The molecule has 0 saturated carbocycles. The van der Waals surface area contributed by atoms with Gasteiger partial charge in [0.15, 0.2) is 0 Å². The predicted octanol–water partition coefficient (Wildman–Crippen LogP) is 2.67. The van der Waals surface area contributed by atoms with Gasteiger partial charge in [0.1, 0.15) is 5.82 Å². The zero-order valence-electron chi connectivity index (χ0n) is 11.7. The number of benzene rings is 1. The number of rotatable bonds is 4. The fourth-order valence-electron chi connectivity index (χ4n) is 2.57. The van der Waals surface area contributed by atoms with Gasteiger partial charge in [-0.25, -0.2) is 4.98 Å². The highest BCUT2D eigenvalue weighted by Crippen LogP contribution is 2.26. The maximum absolute atomic E-state index is 4.50. The third-order valence-corrected chi connectivity index (χ3v) is 3.52. The second-order valence-corrected chi connectivity index (χ2v) is 4.80. The van der Waals surface area contributed by atoms with Crippen molar-refractivity contribution in [3.63, 3.8) is 0 Å². The molecule has 1 unspecified atom stereocenters. The third-order valence-electron chi connectivity index (χ3n) is 3.52. The SMILES string of the molecule is CCNC(c1ccnc2ccccc12)c1nccn1C. The fraction of sp³-hybridized carbons (Fsp3) is 0.250. The highest BCUT2D eigenvalue weighted by atomic mass is 15.1. The smallest absolute Gasteiger partial charge is 0.130 e. The first-order chi connectivity index (χ1) is 9.81. The van der Waals surface area contributed by atoms with Crippen LogP contribution in [0.4, 0.5) is 0 Å². The number of fused-ring (bicyclic) bond motifs is 1. The molecule has 1 N–H and O–H groups in total. The minimum absolute atomic E-state index is 0.0768. The highest BCUT2D eigenvalue weighted by Gasteiger charge is 2.19. The van der Waals surface area contributed by atoms with Crippen LogP contribution in [-0.4, -0.2) is 21.1 Å². The van der Waals surface area contributed by atoms with Crippen LogP contribution in [0.5, 0.6) is 0 Å². The fourth-order valence-corrected chi connectivity index (χ4v) is 2.57. The maximum Gasteiger partial charge on any atom is 0.130 e. The summed E-state index contributed by atoms with van der Waals surface area (Å²) < 4.78 is 2.06. The van der Waals surface area contributed by atoms with Crippen LogP contribution in [0.1, 0.15) is 24.4 Å². The van der Waals surface area contributed by atoms with E-state index in [0.29, 0.717) is 0 Å². The van der Waals surface area contributed by atoms with Gasteiger partial charge in [-0.2, -0.15) is 0 Å². The molecule has 1 aromatic carbocycles. The van der Waals surface area contributed by atoms with Crippen LogP contribution in [0.25, 0.3) is 10.9 Å². The molecule has 2 aromatic heterocycles. The first-order valence-corrected chi connectivity index (χ1v) is 6.85. The van der Waals surface area contributed by atoms with Gasteiger partial charge in [-0.05, 0) is 24.2 Å². The van der Waals surface area contributed by atoms with Gasteiger partial charge in [0.2, 0.25) is 0 Å². The molecular formula is C16H18N4. The van der Waals surface area contributed by atoms with Gasteiger partial charge < -0.3 is 9.88 Å². The van der Waals surface area contributed by atoms with Gasteiger partial charge in [-0.3, -0.25) is 4.98 Å². The minimum atomic E-state index is 0.0768. The van der Waals surface area contributed by atoms with Crippen LogP contribution in [0.2, 0.25) is 0 Å². The van der Waals surface area contributed by atoms with Gasteiger partial charge in [0.25, 0.3) is 0 Å². The molecule has 0 saturated heterocycles.